The highest BCUT2D eigenvalue weighted by atomic mass is 16.5. The number of piperidine rings is 1. The van der Waals surface area contributed by atoms with Gasteiger partial charge in [-0.25, -0.2) is 0 Å². The maximum absolute atomic E-state index is 6.28. The fourth-order valence-electron chi connectivity index (χ4n) is 3.98. The minimum absolute atomic E-state index is 0.0154. The number of nitrogens with zero attached hydrogens (tertiary/aromatic N) is 5. The minimum atomic E-state index is -0.0154. The molecule has 2 saturated heterocycles. The number of aryl methyl sites for hydroxylation is 1. The normalized spacial score (nSPS) is 30.6. The largest absolute Gasteiger partial charge is 0.422 e. The van der Waals surface area contributed by atoms with E-state index in [0.29, 0.717) is 17.7 Å². The molecule has 3 fully saturated rings. The van der Waals surface area contributed by atoms with Crippen LogP contribution in [0, 0.1) is 5.92 Å². The van der Waals surface area contributed by atoms with Crippen molar-refractivity contribution >= 4 is 0 Å². The third-order valence-electron chi connectivity index (χ3n) is 5.46. The maximum atomic E-state index is 6.28. The van der Waals surface area contributed by atoms with E-state index >= 15 is 0 Å². The third-order valence-corrected chi connectivity index (χ3v) is 5.46. The van der Waals surface area contributed by atoms with E-state index < -0.39 is 0 Å². The first-order chi connectivity index (χ1) is 11.7. The van der Waals surface area contributed by atoms with Crippen molar-refractivity contribution < 1.29 is 9.15 Å². The topological polar surface area (TPSA) is 69.2 Å². The number of ether oxygens (including phenoxy) is 1. The zero-order chi connectivity index (χ0) is 16.1. The second-order valence-corrected chi connectivity index (χ2v) is 7.46. The van der Waals surface area contributed by atoms with E-state index in [2.05, 4.69) is 26.4 Å². The van der Waals surface area contributed by atoms with Gasteiger partial charge in [-0.3, -0.25) is 9.58 Å². The zero-order valence-corrected chi connectivity index (χ0v) is 14.0. The lowest BCUT2D eigenvalue weighted by Gasteiger charge is -2.33. The summed E-state index contributed by atoms with van der Waals surface area (Å²) >= 11 is 0. The molecule has 0 bridgehead atoms. The lowest BCUT2D eigenvalue weighted by Crippen LogP contribution is -2.41. The molecule has 0 unspecified atom stereocenters. The Hall–Kier alpha value is -1.73. The third kappa shape index (κ3) is 2.75. The number of fused-ring (bicyclic) bond motifs is 1. The Morgan fingerprint density at radius 2 is 2.08 bits per heavy atom. The first kappa shape index (κ1) is 14.6. The van der Waals surface area contributed by atoms with Crippen LogP contribution in [-0.4, -0.2) is 44.1 Å². The molecule has 7 nitrogen and oxygen atoms in total. The van der Waals surface area contributed by atoms with Crippen LogP contribution in [0.3, 0.4) is 0 Å². The van der Waals surface area contributed by atoms with Crippen LogP contribution in [0.15, 0.2) is 16.8 Å². The lowest BCUT2D eigenvalue weighted by atomic mass is 9.91. The summed E-state index contributed by atoms with van der Waals surface area (Å²) in [5.41, 5.74) is 1.26. The Bertz CT molecular complexity index is 722. The highest BCUT2D eigenvalue weighted by Gasteiger charge is 2.42. The molecule has 1 aliphatic carbocycles. The molecule has 3 atom stereocenters. The number of hydrogen-bond acceptors (Lipinski definition) is 6. The molecule has 1 saturated carbocycles. The number of likely N-dealkylation sites (tertiary alicyclic amines) is 1. The summed E-state index contributed by atoms with van der Waals surface area (Å²) in [5.74, 6) is 2.60. The van der Waals surface area contributed by atoms with Gasteiger partial charge in [0, 0.05) is 37.8 Å². The molecular formula is C17H23N5O2. The average Bonchev–Trinajstić information content (AvgIpc) is 2.98. The van der Waals surface area contributed by atoms with Gasteiger partial charge in [-0.15, -0.1) is 10.2 Å². The van der Waals surface area contributed by atoms with Gasteiger partial charge in [0.1, 0.15) is 6.10 Å². The Morgan fingerprint density at radius 1 is 1.21 bits per heavy atom. The van der Waals surface area contributed by atoms with Crippen molar-refractivity contribution in [2.45, 2.75) is 50.4 Å². The Balaban J connectivity index is 1.22. The van der Waals surface area contributed by atoms with Crippen LogP contribution in [0.25, 0.3) is 0 Å². The van der Waals surface area contributed by atoms with Crippen molar-refractivity contribution in [2.24, 2.45) is 13.0 Å². The molecule has 3 aliphatic rings. The minimum Gasteiger partial charge on any atom is -0.422 e. The quantitative estimate of drug-likeness (QED) is 0.855. The smallest absolute Gasteiger partial charge is 0.245 e. The van der Waals surface area contributed by atoms with Gasteiger partial charge in [-0.05, 0) is 38.1 Å². The first-order valence-corrected chi connectivity index (χ1v) is 8.93. The molecule has 4 heterocycles. The zero-order valence-electron chi connectivity index (χ0n) is 14.0. The van der Waals surface area contributed by atoms with Gasteiger partial charge in [-0.1, -0.05) is 0 Å². The molecule has 0 amide bonds. The van der Waals surface area contributed by atoms with E-state index in [0.717, 1.165) is 31.9 Å². The molecule has 5 rings (SSSR count). The van der Waals surface area contributed by atoms with Crippen molar-refractivity contribution in [1.29, 1.82) is 0 Å². The van der Waals surface area contributed by atoms with Crippen LogP contribution < -0.4 is 0 Å². The Labute approximate surface area is 141 Å². The van der Waals surface area contributed by atoms with E-state index in [1.54, 1.807) is 0 Å². The molecule has 24 heavy (non-hydrogen) atoms. The summed E-state index contributed by atoms with van der Waals surface area (Å²) in [7, 11) is 1.96. The van der Waals surface area contributed by atoms with Gasteiger partial charge in [0.15, 0.2) is 0 Å². The molecule has 0 spiro atoms. The Kier molecular flexibility index (Phi) is 3.45. The van der Waals surface area contributed by atoms with Crippen molar-refractivity contribution in [3.05, 3.63) is 29.7 Å². The monoisotopic (exact) mass is 329 g/mol. The van der Waals surface area contributed by atoms with Crippen LogP contribution in [-0.2, 0) is 18.3 Å². The molecule has 0 N–H and O–H groups in total. The van der Waals surface area contributed by atoms with E-state index in [4.69, 9.17) is 9.15 Å². The standard InChI is InChI=1S/C17H23N5O2/c1-21-8-11(7-18-21)9-22-5-4-13-6-14(23-15(13)10-22)17-20-19-16(24-17)12-2-3-12/h7-8,12-15H,2-6,9-10H2,1H3/t13-,14+,15+/m0/s1. The van der Waals surface area contributed by atoms with E-state index in [-0.39, 0.29) is 12.2 Å². The van der Waals surface area contributed by atoms with Crippen molar-refractivity contribution in [1.82, 2.24) is 24.9 Å². The molecular weight excluding hydrogens is 306 g/mol. The summed E-state index contributed by atoms with van der Waals surface area (Å²) in [6.45, 7) is 3.03. The fraction of sp³-hybridized carbons (Fsp3) is 0.706. The van der Waals surface area contributed by atoms with Gasteiger partial charge in [0.25, 0.3) is 0 Å². The van der Waals surface area contributed by atoms with Crippen LogP contribution >= 0.6 is 0 Å². The van der Waals surface area contributed by atoms with E-state index in [1.165, 1.54) is 24.8 Å². The predicted molar refractivity (Wildman–Crippen MR) is 85.1 cm³/mol. The van der Waals surface area contributed by atoms with Gasteiger partial charge in [0.05, 0.1) is 12.3 Å². The van der Waals surface area contributed by atoms with Crippen LogP contribution in [0.5, 0.6) is 0 Å². The van der Waals surface area contributed by atoms with E-state index in [1.807, 2.05) is 17.9 Å². The van der Waals surface area contributed by atoms with Gasteiger partial charge in [0.2, 0.25) is 11.8 Å². The van der Waals surface area contributed by atoms with Gasteiger partial charge >= 0.3 is 0 Å². The predicted octanol–water partition coefficient (Wildman–Crippen LogP) is 2.03. The van der Waals surface area contributed by atoms with Crippen LogP contribution in [0.2, 0.25) is 0 Å². The van der Waals surface area contributed by atoms with Crippen molar-refractivity contribution in [3.8, 4) is 0 Å². The average molecular weight is 329 g/mol. The van der Waals surface area contributed by atoms with E-state index in [9.17, 15) is 0 Å². The fourth-order valence-corrected chi connectivity index (χ4v) is 3.98. The second kappa shape index (κ2) is 5.67. The molecule has 7 heteroatoms. The summed E-state index contributed by atoms with van der Waals surface area (Å²) in [6.07, 6.45) is 8.84. The number of aromatic nitrogens is 4. The molecule has 0 aromatic carbocycles. The summed E-state index contributed by atoms with van der Waals surface area (Å²) in [6, 6.07) is 0. The molecule has 2 aromatic rings. The second-order valence-electron chi connectivity index (χ2n) is 7.46. The first-order valence-electron chi connectivity index (χ1n) is 8.93. The van der Waals surface area contributed by atoms with Crippen LogP contribution in [0.1, 0.15) is 55.1 Å². The lowest BCUT2D eigenvalue weighted by molar-refractivity contribution is -0.0177. The van der Waals surface area contributed by atoms with Crippen molar-refractivity contribution in [2.75, 3.05) is 13.1 Å². The van der Waals surface area contributed by atoms with Gasteiger partial charge < -0.3 is 9.15 Å². The SMILES string of the molecule is Cn1cc(CN2CC[C@H]3C[C@H](c4nnc(C5CC5)o4)O[C@@H]3C2)cn1. The molecule has 0 radical (unpaired) electrons. The number of hydrogen-bond donors (Lipinski definition) is 0. The maximum Gasteiger partial charge on any atom is 0.245 e. The summed E-state index contributed by atoms with van der Waals surface area (Å²) in [5, 5.41) is 12.7. The highest BCUT2D eigenvalue weighted by molar-refractivity contribution is 5.05. The number of rotatable bonds is 4. The van der Waals surface area contributed by atoms with Crippen LogP contribution in [0.4, 0.5) is 0 Å². The summed E-state index contributed by atoms with van der Waals surface area (Å²) < 4.78 is 14.0. The highest BCUT2D eigenvalue weighted by Crippen LogP contribution is 2.43. The Morgan fingerprint density at radius 3 is 2.88 bits per heavy atom. The molecule has 2 aromatic heterocycles. The molecule has 2 aliphatic heterocycles. The van der Waals surface area contributed by atoms with Gasteiger partial charge in [-0.2, -0.15) is 5.10 Å². The summed E-state index contributed by atoms with van der Waals surface area (Å²) in [4.78, 5) is 2.46. The van der Waals surface area contributed by atoms with Crippen molar-refractivity contribution in [3.63, 3.8) is 0 Å². The molecule has 128 valence electrons.